The highest BCUT2D eigenvalue weighted by molar-refractivity contribution is 6.16. The molecule has 1 aromatic heterocycles. The van der Waals surface area contributed by atoms with Gasteiger partial charge in [-0.3, -0.25) is 0 Å². The number of rotatable bonds is 25. The minimum absolute atomic E-state index is 0.213. The predicted octanol–water partition coefficient (Wildman–Crippen LogP) is 15.1. The second kappa shape index (κ2) is 21.6. The van der Waals surface area contributed by atoms with E-state index in [1.807, 2.05) is 12.1 Å². The van der Waals surface area contributed by atoms with Crippen molar-refractivity contribution in [1.82, 2.24) is 4.68 Å². The highest BCUT2D eigenvalue weighted by atomic mass is 16.7. The van der Waals surface area contributed by atoms with E-state index in [1.165, 1.54) is 131 Å². The van der Waals surface area contributed by atoms with Gasteiger partial charge < -0.3 is 0 Å². The lowest BCUT2D eigenvalue weighted by Gasteiger charge is -2.18. The first-order chi connectivity index (χ1) is 25.6. The SMILES string of the molecule is CCCCCCCCCCCCc1ccc2c(c1)c1cc(CCCCCCCCCCCC)c(-c3ccccc3)c(-c3ccccc3)c1n2[N+](=O)[O-]. The van der Waals surface area contributed by atoms with Crippen molar-refractivity contribution >= 4 is 21.8 Å². The van der Waals surface area contributed by atoms with Crippen molar-refractivity contribution in [2.75, 3.05) is 0 Å². The topological polar surface area (TPSA) is 48.1 Å². The van der Waals surface area contributed by atoms with Gasteiger partial charge in [-0.15, -0.1) is 0 Å². The Hall–Kier alpha value is -3.92. The van der Waals surface area contributed by atoms with Gasteiger partial charge in [-0.1, -0.05) is 201 Å². The van der Waals surface area contributed by atoms with Gasteiger partial charge in [0, 0.05) is 16.3 Å². The second-order valence-corrected chi connectivity index (χ2v) is 15.2. The molecule has 52 heavy (non-hydrogen) atoms. The normalized spacial score (nSPS) is 11.6. The number of hydrogen-bond acceptors (Lipinski definition) is 2. The molecule has 0 atom stereocenters. The van der Waals surface area contributed by atoms with Crippen molar-refractivity contribution < 1.29 is 5.03 Å². The monoisotopic (exact) mass is 700 g/mol. The molecule has 0 radical (unpaired) electrons. The van der Waals surface area contributed by atoms with Crippen molar-refractivity contribution in [1.29, 1.82) is 0 Å². The molecule has 0 N–H and O–H groups in total. The molecule has 0 aliphatic rings. The quantitative estimate of drug-likeness (QED) is 0.0346. The molecule has 5 rings (SSSR count). The minimum Gasteiger partial charge on any atom is -0.234 e. The van der Waals surface area contributed by atoms with E-state index in [0.717, 1.165) is 58.7 Å². The molecule has 0 aliphatic heterocycles. The number of unbranched alkanes of at least 4 members (excludes halogenated alkanes) is 18. The van der Waals surface area contributed by atoms with Gasteiger partial charge >= 0.3 is 0 Å². The van der Waals surface area contributed by atoms with Crippen molar-refractivity contribution in [3.8, 4) is 22.3 Å². The molecule has 0 fully saturated rings. The lowest BCUT2D eigenvalue weighted by atomic mass is 9.86. The van der Waals surface area contributed by atoms with E-state index in [1.54, 1.807) is 0 Å². The molecule has 0 saturated carbocycles. The summed E-state index contributed by atoms with van der Waals surface area (Å²) in [7, 11) is 0. The molecule has 0 aliphatic carbocycles. The third-order valence-corrected chi connectivity index (χ3v) is 11.1. The molecule has 0 spiro atoms. The van der Waals surface area contributed by atoms with E-state index in [2.05, 4.69) is 86.6 Å². The summed E-state index contributed by atoms with van der Waals surface area (Å²) < 4.78 is 1.37. The number of aryl methyl sites for hydroxylation is 2. The van der Waals surface area contributed by atoms with Crippen LogP contribution in [0.2, 0.25) is 0 Å². The number of nitrogens with zero attached hydrogens (tertiary/aromatic N) is 2. The standard InChI is InChI=1S/C48H64N2O2/c1-3-5-7-9-11-13-15-17-19-23-29-39-35-36-45-43(37-39)44-38-42(34-24-20-18-16-14-12-10-8-6-4-2)46(40-30-25-21-26-31-40)47(41-32-27-22-28-33-41)48(44)49(45)50(51)52/h21-22,25-28,30-33,35-38H,3-20,23-24,29,34H2,1-2H3. The minimum atomic E-state index is -0.213. The number of fused-ring (bicyclic) bond motifs is 3. The van der Waals surface area contributed by atoms with E-state index < -0.39 is 0 Å². The van der Waals surface area contributed by atoms with E-state index in [4.69, 9.17) is 0 Å². The maximum absolute atomic E-state index is 13.0. The van der Waals surface area contributed by atoms with Crippen LogP contribution in [-0.2, 0) is 12.8 Å². The first-order valence-electron chi connectivity index (χ1n) is 21.0. The molecule has 5 aromatic rings. The van der Waals surface area contributed by atoms with Crippen LogP contribution in [0.1, 0.15) is 153 Å². The molecule has 1 heterocycles. The van der Waals surface area contributed by atoms with Gasteiger partial charge in [0.15, 0.2) is 5.03 Å². The Morgan fingerprint density at radius 3 is 1.46 bits per heavy atom. The fourth-order valence-electron chi connectivity index (χ4n) is 8.22. The third-order valence-electron chi connectivity index (χ3n) is 11.1. The maximum atomic E-state index is 13.0. The summed E-state index contributed by atoms with van der Waals surface area (Å²) in [5.41, 5.74) is 8.19. The van der Waals surface area contributed by atoms with Crippen LogP contribution in [-0.4, -0.2) is 9.71 Å². The summed E-state index contributed by atoms with van der Waals surface area (Å²) >= 11 is 0. The Morgan fingerprint density at radius 2 is 0.962 bits per heavy atom. The van der Waals surface area contributed by atoms with Crippen LogP contribution in [0.25, 0.3) is 44.1 Å². The van der Waals surface area contributed by atoms with E-state index >= 15 is 0 Å². The predicted molar refractivity (Wildman–Crippen MR) is 224 cm³/mol. The lowest BCUT2D eigenvalue weighted by Crippen LogP contribution is -2.09. The molecular formula is C48H64N2O2. The van der Waals surface area contributed by atoms with Gasteiger partial charge in [-0.25, -0.2) is 10.1 Å². The summed E-state index contributed by atoms with van der Waals surface area (Å²) in [6, 6.07) is 29.6. The van der Waals surface area contributed by atoms with Crippen LogP contribution in [0.4, 0.5) is 0 Å². The van der Waals surface area contributed by atoms with Crippen LogP contribution in [0, 0.1) is 10.1 Å². The number of benzene rings is 4. The van der Waals surface area contributed by atoms with Gasteiger partial charge in [-0.05, 0) is 71.7 Å². The smallest absolute Gasteiger partial charge is 0.170 e. The number of hydrogen-bond donors (Lipinski definition) is 0. The molecule has 4 nitrogen and oxygen atoms in total. The van der Waals surface area contributed by atoms with Crippen LogP contribution >= 0.6 is 0 Å². The first-order valence-corrected chi connectivity index (χ1v) is 21.0. The van der Waals surface area contributed by atoms with Crippen molar-refractivity contribution in [3.05, 3.63) is 106 Å². The molecule has 4 aromatic carbocycles. The molecule has 278 valence electrons. The highest BCUT2D eigenvalue weighted by Gasteiger charge is 2.26. The van der Waals surface area contributed by atoms with Crippen LogP contribution in [0.15, 0.2) is 84.9 Å². The summed E-state index contributed by atoms with van der Waals surface area (Å²) in [4.78, 5) is 13.0. The average molecular weight is 701 g/mol. The Kier molecular flexibility index (Phi) is 16.3. The fraction of sp³-hybridized carbons (Fsp3) is 0.500. The zero-order valence-corrected chi connectivity index (χ0v) is 32.4. The van der Waals surface area contributed by atoms with Crippen molar-refractivity contribution in [2.24, 2.45) is 0 Å². The van der Waals surface area contributed by atoms with E-state index in [-0.39, 0.29) is 5.03 Å². The van der Waals surface area contributed by atoms with Gasteiger partial charge in [0.25, 0.3) is 0 Å². The maximum Gasteiger partial charge on any atom is 0.170 e. The zero-order chi connectivity index (χ0) is 36.4. The molecular weight excluding hydrogens is 637 g/mol. The van der Waals surface area contributed by atoms with Crippen LogP contribution in [0.3, 0.4) is 0 Å². The van der Waals surface area contributed by atoms with Crippen LogP contribution < -0.4 is 0 Å². The Labute approximate surface area is 314 Å². The van der Waals surface area contributed by atoms with E-state index in [0.29, 0.717) is 11.0 Å². The molecule has 4 heteroatoms. The van der Waals surface area contributed by atoms with Gasteiger partial charge in [-0.2, -0.15) is 0 Å². The van der Waals surface area contributed by atoms with Gasteiger partial charge in [0.05, 0.1) is 0 Å². The van der Waals surface area contributed by atoms with E-state index in [9.17, 15) is 10.1 Å². The average Bonchev–Trinajstić information content (AvgIpc) is 3.50. The van der Waals surface area contributed by atoms with Gasteiger partial charge in [0.2, 0.25) is 0 Å². The summed E-state index contributed by atoms with van der Waals surface area (Å²) in [5.74, 6) is 0. The summed E-state index contributed by atoms with van der Waals surface area (Å²) in [6.07, 6.45) is 28.2. The first kappa shape index (κ1) is 39.3. The molecule has 0 bridgehead atoms. The lowest BCUT2D eigenvalue weighted by molar-refractivity contribution is -0.533. The van der Waals surface area contributed by atoms with Crippen molar-refractivity contribution in [2.45, 2.75) is 155 Å². The Morgan fingerprint density at radius 1 is 0.500 bits per heavy atom. The summed E-state index contributed by atoms with van der Waals surface area (Å²) in [5, 5.41) is 14.8. The number of aromatic nitrogens is 1. The highest BCUT2D eigenvalue weighted by Crippen LogP contribution is 2.45. The Bertz CT molecular complexity index is 1790. The third kappa shape index (κ3) is 10.8. The van der Waals surface area contributed by atoms with Crippen LogP contribution in [0.5, 0.6) is 0 Å². The second-order valence-electron chi connectivity index (χ2n) is 15.2. The molecule has 0 unspecified atom stereocenters. The summed E-state index contributed by atoms with van der Waals surface area (Å²) in [6.45, 7) is 4.56. The molecule has 0 saturated heterocycles. The fourth-order valence-corrected chi connectivity index (χ4v) is 8.22. The van der Waals surface area contributed by atoms with Crippen molar-refractivity contribution in [3.63, 3.8) is 0 Å². The number of nitro groups is 1. The largest absolute Gasteiger partial charge is 0.234 e. The molecule has 0 amide bonds. The Balaban J connectivity index is 1.44. The zero-order valence-electron chi connectivity index (χ0n) is 32.4. The van der Waals surface area contributed by atoms with Gasteiger partial charge in [0.1, 0.15) is 11.0 Å².